The highest BCUT2D eigenvalue weighted by Crippen LogP contribution is 2.06. The zero-order chi connectivity index (χ0) is 7.66. The summed E-state index contributed by atoms with van der Waals surface area (Å²) in [5.41, 5.74) is 0. The molecule has 0 atom stereocenters. The molecular formula is C10H20. The van der Waals surface area contributed by atoms with Crippen LogP contribution in [0.2, 0.25) is 0 Å². The van der Waals surface area contributed by atoms with Gasteiger partial charge in [-0.3, -0.25) is 0 Å². The Kier molecular flexibility index (Phi) is 9.00. The van der Waals surface area contributed by atoms with Crippen LogP contribution in [0.3, 0.4) is 0 Å². The van der Waals surface area contributed by atoms with Crippen LogP contribution in [0.15, 0.2) is 0 Å². The first-order chi connectivity index (χ1) is 4.91. The molecule has 0 aliphatic carbocycles. The molecule has 0 aliphatic heterocycles. The van der Waals surface area contributed by atoms with Gasteiger partial charge in [-0.1, -0.05) is 46.0 Å². The topological polar surface area (TPSA) is 0 Å². The van der Waals surface area contributed by atoms with E-state index in [1.807, 2.05) is 0 Å². The first kappa shape index (κ1) is 10.0. The summed E-state index contributed by atoms with van der Waals surface area (Å²) in [6.07, 6.45) is 12.5. The van der Waals surface area contributed by atoms with Crippen LogP contribution in [-0.2, 0) is 0 Å². The molecule has 0 spiro atoms. The van der Waals surface area contributed by atoms with Crippen molar-refractivity contribution < 1.29 is 0 Å². The molecule has 0 amide bonds. The summed E-state index contributed by atoms with van der Waals surface area (Å²) in [6.45, 7) is 4.47. The van der Waals surface area contributed by atoms with Crippen LogP contribution in [-0.4, -0.2) is 0 Å². The van der Waals surface area contributed by atoms with Crippen molar-refractivity contribution >= 4 is 0 Å². The quantitative estimate of drug-likeness (QED) is 0.471. The second-order valence-electron chi connectivity index (χ2n) is 2.81. The molecule has 0 aliphatic rings. The molecule has 10 heavy (non-hydrogen) atoms. The Hall–Kier alpha value is 0. The molecule has 0 bridgehead atoms. The Morgan fingerprint density at radius 2 is 1.40 bits per heavy atom. The van der Waals surface area contributed by atoms with Crippen LogP contribution in [0, 0.1) is 6.42 Å². The summed E-state index contributed by atoms with van der Waals surface area (Å²) >= 11 is 0. The van der Waals surface area contributed by atoms with E-state index in [1.54, 1.807) is 0 Å². The molecule has 0 heterocycles. The zero-order valence-electron chi connectivity index (χ0n) is 7.45. The Morgan fingerprint density at radius 1 is 0.800 bits per heavy atom. The standard InChI is InChI=1S/C10H20/c1-3-5-7-9-10-8-6-4-2/h3-9H2,1-2H3. The van der Waals surface area contributed by atoms with Gasteiger partial charge in [0.25, 0.3) is 0 Å². The maximum Gasteiger partial charge on any atom is -0.0173 e. The molecule has 0 N–H and O–H groups in total. The summed E-state index contributed by atoms with van der Waals surface area (Å²) < 4.78 is 0. The van der Waals surface area contributed by atoms with Gasteiger partial charge in [0.1, 0.15) is 0 Å². The number of rotatable bonds is 7. The minimum atomic E-state index is 1.21. The predicted octanol–water partition coefficient (Wildman–Crippen LogP) is 3.84. The van der Waals surface area contributed by atoms with Gasteiger partial charge in [0.15, 0.2) is 0 Å². The fraction of sp³-hybridized carbons (Fsp3) is 0.900. The van der Waals surface area contributed by atoms with Crippen molar-refractivity contribution in [2.24, 2.45) is 0 Å². The molecule has 0 rings (SSSR count). The van der Waals surface area contributed by atoms with E-state index in [-0.39, 0.29) is 0 Å². The van der Waals surface area contributed by atoms with E-state index in [1.165, 1.54) is 44.9 Å². The second kappa shape index (κ2) is 9.00. The lowest BCUT2D eigenvalue weighted by Crippen LogP contribution is -1.79. The summed E-state index contributed by atoms with van der Waals surface area (Å²) in [4.78, 5) is 0. The van der Waals surface area contributed by atoms with Crippen molar-refractivity contribution in [1.29, 1.82) is 0 Å². The Balaban J connectivity index is 2.65. The monoisotopic (exact) mass is 140 g/mol. The summed E-state index contributed by atoms with van der Waals surface area (Å²) in [5, 5.41) is 0. The largest absolute Gasteiger partial charge is 0.0654 e. The zero-order valence-corrected chi connectivity index (χ0v) is 7.45. The molecule has 0 aromatic carbocycles. The van der Waals surface area contributed by atoms with Crippen molar-refractivity contribution in [3.8, 4) is 0 Å². The molecular weight excluding hydrogens is 120 g/mol. The van der Waals surface area contributed by atoms with Crippen molar-refractivity contribution in [3.05, 3.63) is 6.42 Å². The maximum absolute atomic E-state index is 3.42. The highest BCUT2D eigenvalue weighted by molar-refractivity contribution is 4.63. The lowest BCUT2D eigenvalue weighted by molar-refractivity contribution is 0.673. The molecule has 0 unspecified atom stereocenters. The SMILES string of the molecule is CCCC[C]CCCCC. The molecule has 60 valence electrons. The third kappa shape index (κ3) is 8.00. The van der Waals surface area contributed by atoms with E-state index < -0.39 is 0 Å². The molecule has 0 saturated heterocycles. The Labute approximate surface area is 66.0 Å². The highest BCUT2D eigenvalue weighted by Gasteiger charge is 1.88. The van der Waals surface area contributed by atoms with Gasteiger partial charge >= 0.3 is 0 Å². The van der Waals surface area contributed by atoms with Gasteiger partial charge in [-0.2, -0.15) is 0 Å². The lowest BCUT2D eigenvalue weighted by Gasteiger charge is -1.96. The van der Waals surface area contributed by atoms with Crippen LogP contribution in [0.4, 0.5) is 0 Å². The van der Waals surface area contributed by atoms with E-state index in [0.717, 1.165) is 0 Å². The third-order valence-electron chi connectivity index (χ3n) is 1.66. The Bertz CT molecular complexity index is 40.0. The van der Waals surface area contributed by atoms with Gasteiger partial charge in [-0.05, 0) is 19.3 Å². The van der Waals surface area contributed by atoms with Crippen LogP contribution < -0.4 is 0 Å². The fourth-order valence-electron chi connectivity index (χ4n) is 0.927. The van der Waals surface area contributed by atoms with Crippen molar-refractivity contribution in [2.45, 2.75) is 58.8 Å². The first-order valence-electron chi connectivity index (χ1n) is 4.62. The molecule has 0 heteroatoms. The van der Waals surface area contributed by atoms with Gasteiger partial charge in [0.2, 0.25) is 0 Å². The van der Waals surface area contributed by atoms with Crippen LogP contribution in [0.5, 0.6) is 0 Å². The minimum Gasteiger partial charge on any atom is -0.0654 e. The van der Waals surface area contributed by atoms with Gasteiger partial charge in [0.05, 0.1) is 0 Å². The van der Waals surface area contributed by atoms with Crippen molar-refractivity contribution in [1.82, 2.24) is 0 Å². The average molecular weight is 140 g/mol. The maximum atomic E-state index is 3.42. The molecule has 0 saturated carbocycles. The summed E-state index contributed by atoms with van der Waals surface area (Å²) in [7, 11) is 0. The van der Waals surface area contributed by atoms with Gasteiger partial charge < -0.3 is 0 Å². The van der Waals surface area contributed by atoms with E-state index in [2.05, 4.69) is 20.3 Å². The molecule has 0 nitrogen and oxygen atoms in total. The third-order valence-corrected chi connectivity index (χ3v) is 1.66. The fourth-order valence-corrected chi connectivity index (χ4v) is 0.927. The van der Waals surface area contributed by atoms with Crippen LogP contribution in [0.1, 0.15) is 58.8 Å². The Morgan fingerprint density at radius 3 is 2.00 bits per heavy atom. The average Bonchev–Trinajstić information content (AvgIpc) is 1.97. The predicted molar refractivity (Wildman–Crippen MR) is 46.9 cm³/mol. The van der Waals surface area contributed by atoms with Gasteiger partial charge in [0, 0.05) is 0 Å². The van der Waals surface area contributed by atoms with Crippen LogP contribution in [0.25, 0.3) is 0 Å². The normalized spacial score (nSPS) is 10.2. The summed E-state index contributed by atoms with van der Waals surface area (Å²) in [5.74, 6) is 0. The smallest absolute Gasteiger partial charge is 0.0173 e. The van der Waals surface area contributed by atoms with E-state index in [9.17, 15) is 0 Å². The molecule has 0 fully saturated rings. The lowest BCUT2D eigenvalue weighted by atomic mass is 10.1. The van der Waals surface area contributed by atoms with E-state index in [4.69, 9.17) is 0 Å². The number of hydrogen-bond acceptors (Lipinski definition) is 0. The molecule has 0 aromatic heterocycles. The van der Waals surface area contributed by atoms with Gasteiger partial charge in [-0.15, -0.1) is 0 Å². The second-order valence-corrected chi connectivity index (χ2v) is 2.81. The van der Waals surface area contributed by atoms with E-state index >= 15 is 0 Å². The van der Waals surface area contributed by atoms with E-state index in [0.29, 0.717) is 0 Å². The minimum absolute atomic E-state index is 1.21. The first-order valence-corrected chi connectivity index (χ1v) is 4.62. The van der Waals surface area contributed by atoms with Crippen molar-refractivity contribution in [3.63, 3.8) is 0 Å². The highest BCUT2D eigenvalue weighted by atomic mass is 13.9. The molecule has 0 aromatic rings. The number of unbranched alkanes of at least 4 members (excludes halogenated alkanes) is 7. The van der Waals surface area contributed by atoms with Gasteiger partial charge in [-0.25, -0.2) is 0 Å². The van der Waals surface area contributed by atoms with Crippen molar-refractivity contribution in [2.75, 3.05) is 0 Å². The molecule has 2 radical (unpaired) electrons. The van der Waals surface area contributed by atoms with Crippen LogP contribution >= 0.6 is 0 Å². The summed E-state index contributed by atoms with van der Waals surface area (Å²) in [6, 6.07) is 0. The number of hydrogen-bond donors (Lipinski definition) is 0.